The lowest BCUT2D eigenvalue weighted by Gasteiger charge is -2.14. The minimum Gasteiger partial charge on any atom is -0.423 e. The molecule has 0 atom stereocenters. The Labute approximate surface area is 259 Å². The van der Waals surface area contributed by atoms with Gasteiger partial charge in [0.25, 0.3) is 11.8 Å². The summed E-state index contributed by atoms with van der Waals surface area (Å²) in [6.45, 7) is 8.44. The normalized spacial score (nSPS) is 10.8. The van der Waals surface area contributed by atoms with Crippen LogP contribution in [0.3, 0.4) is 0 Å². The van der Waals surface area contributed by atoms with Gasteiger partial charge in [-0.2, -0.15) is 0 Å². The largest absolute Gasteiger partial charge is 0.423 e. The van der Waals surface area contributed by atoms with Crippen molar-refractivity contribution in [3.05, 3.63) is 88.1 Å². The first-order valence-corrected chi connectivity index (χ1v) is 13.6. The average Bonchev–Trinajstić information content (AvgIpc) is 2.94. The zero-order valence-electron chi connectivity index (χ0n) is 25.6. The standard InChI is InChI=1S/C33H32N2O10/c1-18-7-10-26(13-19(18)2)32(40)35-27(14-24-8-11-28(42-20(3)36)30(15-24)44-22(5)38)33(41)34-17-25-9-12-29(43-21(4)37)31(16-25)45-23(6)39/h7-16H,17H2,1-6H3,(H,34,41)(H,35,40)/b27-14+. The number of aryl methyl sites for hydroxylation is 2. The van der Waals surface area contributed by atoms with Crippen LogP contribution in [0.25, 0.3) is 6.08 Å². The van der Waals surface area contributed by atoms with Crippen molar-refractivity contribution >= 4 is 41.8 Å². The van der Waals surface area contributed by atoms with Gasteiger partial charge >= 0.3 is 23.9 Å². The number of carbonyl (C=O) groups excluding carboxylic acids is 6. The molecule has 3 aromatic carbocycles. The molecule has 2 amide bonds. The third-order valence-electron chi connectivity index (χ3n) is 6.02. The number of rotatable bonds is 10. The van der Waals surface area contributed by atoms with E-state index in [4.69, 9.17) is 18.9 Å². The van der Waals surface area contributed by atoms with Crippen molar-refractivity contribution in [1.29, 1.82) is 0 Å². The summed E-state index contributed by atoms with van der Waals surface area (Å²) in [5, 5.41) is 5.33. The number of benzene rings is 3. The van der Waals surface area contributed by atoms with E-state index in [1.807, 2.05) is 13.8 Å². The predicted octanol–water partition coefficient (Wildman–Crippen LogP) is 4.09. The second-order valence-electron chi connectivity index (χ2n) is 9.86. The molecule has 0 heterocycles. The smallest absolute Gasteiger partial charge is 0.308 e. The van der Waals surface area contributed by atoms with Crippen molar-refractivity contribution in [3.8, 4) is 23.0 Å². The quantitative estimate of drug-likeness (QED) is 0.193. The molecule has 0 unspecified atom stereocenters. The molecule has 0 bridgehead atoms. The lowest BCUT2D eigenvalue weighted by atomic mass is 10.1. The van der Waals surface area contributed by atoms with Crippen molar-refractivity contribution < 1.29 is 47.7 Å². The maximum Gasteiger partial charge on any atom is 0.308 e. The molecule has 3 aromatic rings. The Hall–Kier alpha value is -5.78. The molecule has 12 heteroatoms. The zero-order valence-corrected chi connectivity index (χ0v) is 25.6. The molecule has 0 saturated carbocycles. The van der Waals surface area contributed by atoms with Crippen molar-refractivity contribution in [3.63, 3.8) is 0 Å². The summed E-state index contributed by atoms with van der Waals surface area (Å²) in [5.41, 5.74) is 2.83. The van der Waals surface area contributed by atoms with Crippen molar-refractivity contribution in [2.75, 3.05) is 0 Å². The third kappa shape index (κ3) is 10.2. The van der Waals surface area contributed by atoms with E-state index in [2.05, 4.69) is 10.6 Å². The Balaban J connectivity index is 1.96. The number of carbonyl (C=O) groups is 6. The summed E-state index contributed by atoms with van der Waals surface area (Å²) in [7, 11) is 0. The SMILES string of the molecule is CC(=O)Oc1ccc(/C=C(/NC(=O)c2ccc(C)c(C)c2)C(=O)NCc2ccc(OC(C)=O)c(OC(C)=O)c2)cc1OC(C)=O. The van der Waals surface area contributed by atoms with Gasteiger partial charge in [0.2, 0.25) is 0 Å². The van der Waals surface area contributed by atoms with Gasteiger partial charge in [0.15, 0.2) is 23.0 Å². The molecular weight excluding hydrogens is 584 g/mol. The maximum atomic E-state index is 13.5. The minimum absolute atomic E-state index is 0.0131. The van der Waals surface area contributed by atoms with Crippen LogP contribution in [0, 0.1) is 13.8 Å². The van der Waals surface area contributed by atoms with Gasteiger partial charge in [-0.3, -0.25) is 28.8 Å². The second-order valence-corrected chi connectivity index (χ2v) is 9.86. The van der Waals surface area contributed by atoms with E-state index in [-0.39, 0.29) is 35.2 Å². The summed E-state index contributed by atoms with van der Waals surface area (Å²) in [4.78, 5) is 72.8. The van der Waals surface area contributed by atoms with Crippen LogP contribution in [0.2, 0.25) is 0 Å². The van der Waals surface area contributed by atoms with Crippen molar-refractivity contribution in [2.24, 2.45) is 0 Å². The molecule has 0 spiro atoms. The molecule has 234 valence electrons. The molecule has 0 aromatic heterocycles. The highest BCUT2D eigenvalue weighted by Crippen LogP contribution is 2.30. The van der Waals surface area contributed by atoms with Crippen LogP contribution < -0.4 is 29.6 Å². The monoisotopic (exact) mass is 616 g/mol. The van der Waals surface area contributed by atoms with Crippen LogP contribution in [0.15, 0.2) is 60.3 Å². The first-order chi connectivity index (χ1) is 21.2. The van der Waals surface area contributed by atoms with Gasteiger partial charge in [0.05, 0.1) is 0 Å². The first-order valence-electron chi connectivity index (χ1n) is 13.6. The van der Waals surface area contributed by atoms with E-state index in [9.17, 15) is 28.8 Å². The van der Waals surface area contributed by atoms with Gasteiger partial charge in [0, 0.05) is 39.8 Å². The average molecular weight is 617 g/mol. The van der Waals surface area contributed by atoms with Crippen molar-refractivity contribution in [1.82, 2.24) is 10.6 Å². The molecule has 2 N–H and O–H groups in total. The highest BCUT2D eigenvalue weighted by Gasteiger charge is 2.18. The number of hydrogen-bond acceptors (Lipinski definition) is 10. The summed E-state index contributed by atoms with van der Waals surface area (Å²) in [6, 6.07) is 13.8. The summed E-state index contributed by atoms with van der Waals surface area (Å²) < 4.78 is 20.5. The number of amides is 2. The van der Waals surface area contributed by atoms with E-state index in [0.29, 0.717) is 16.7 Å². The lowest BCUT2D eigenvalue weighted by Crippen LogP contribution is -2.34. The van der Waals surface area contributed by atoms with E-state index < -0.39 is 35.7 Å². The summed E-state index contributed by atoms with van der Waals surface area (Å²) >= 11 is 0. The zero-order chi connectivity index (χ0) is 33.3. The fraction of sp³-hybridized carbons (Fsp3) is 0.212. The number of ether oxygens (including phenoxy) is 4. The van der Waals surface area contributed by atoms with E-state index in [0.717, 1.165) is 11.1 Å². The molecular formula is C33H32N2O10. The van der Waals surface area contributed by atoms with Crippen LogP contribution in [-0.4, -0.2) is 35.7 Å². The Morgan fingerprint density at radius 1 is 0.622 bits per heavy atom. The minimum atomic E-state index is -0.691. The fourth-order valence-electron chi connectivity index (χ4n) is 3.90. The molecule has 12 nitrogen and oxygen atoms in total. The van der Waals surface area contributed by atoms with Crippen LogP contribution in [0.4, 0.5) is 0 Å². The van der Waals surface area contributed by atoms with Gasteiger partial charge in [-0.15, -0.1) is 0 Å². The van der Waals surface area contributed by atoms with Crippen LogP contribution >= 0.6 is 0 Å². The van der Waals surface area contributed by atoms with E-state index in [1.165, 1.54) is 64.1 Å². The van der Waals surface area contributed by atoms with Gasteiger partial charge in [-0.05, 0) is 78.6 Å². The highest BCUT2D eigenvalue weighted by atomic mass is 16.6. The van der Waals surface area contributed by atoms with Crippen LogP contribution in [-0.2, 0) is 30.5 Å². The van der Waals surface area contributed by atoms with Gasteiger partial charge in [-0.25, -0.2) is 0 Å². The Bertz CT molecular complexity index is 1710. The summed E-state index contributed by atoms with van der Waals surface area (Å²) in [6.07, 6.45) is 1.35. The maximum absolute atomic E-state index is 13.5. The molecule has 3 rings (SSSR count). The van der Waals surface area contributed by atoms with E-state index in [1.54, 1.807) is 24.3 Å². The van der Waals surface area contributed by atoms with Gasteiger partial charge in [0.1, 0.15) is 5.70 Å². The molecule has 0 fully saturated rings. The van der Waals surface area contributed by atoms with Crippen molar-refractivity contribution in [2.45, 2.75) is 48.1 Å². The molecule has 0 saturated heterocycles. The molecule has 45 heavy (non-hydrogen) atoms. The third-order valence-corrected chi connectivity index (χ3v) is 6.02. The first kappa shape index (κ1) is 33.7. The Morgan fingerprint density at radius 3 is 1.71 bits per heavy atom. The molecule has 0 radical (unpaired) electrons. The topological polar surface area (TPSA) is 163 Å². The van der Waals surface area contributed by atoms with Gasteiger partial charge < -0.3 is 29.6 Å². The number of hydrogen-bond donors (Lipinski definition) is 2. The Kier molecular flexibility index (Phi) is 11.3. The number of esters is 4. The molecule has 0 aliphatic carbocycles. The predicted molar refractivity (Wildman–Crippen MR) is 161 cm³/mol. The van der Waals surface area contributed by atoms with E-state index >= 15 is 0 Å². The fourth-order valence-corrected chi connectivity index (χ4v) is 3.90. The number of nitrogens with one attached hydrogen (secondary N) is 2. The second kappa shape index (κ2) is 15.1. The summed E-state index contributed by atoms with van der Waals surface area (Å²) in [5.74, 6) is -3.89. The molecule has 0 aliphatic rings. The highest BCUT2D eigenvalue weighted by molar-refractivity contribution is 6.05. The van der Waals surface area contributed by atoms with Crippen LogP contribution in [0.1, 0.15) is 60.3 Å². The van der Waals surface area contributed by atoms with Gasteiger partial charge in [-0.1, -0.05) is 18.2 Å². The Morgan fingerprint density at radius 2 is 1.16 bits per heavy atom. The van der Waals surface area contributed by atoms with Crippen LogP contribution in [0.5, 0.6) is 23.0 Å². The lowest BCUT2D eigenvalue weighted by molar-refractivity contribution is -0.134. The molecule has 0 aliphatic heterocycles.